The lowest BCUT2D eigenvalue weighted by atomic mass is 9.69. The van der Waals surface area contributed by atoms with Gasteiger partial charge in [-0.1, -0.05) is 13.3 Å². The van der Waals surface area contributed by atoms with Gasteiger partial charge in [-0.25, -0.2) is 0 Å². The molecule has 1 unspecified atom stereocenters. The normalized spacial score (nSPS) is 19.6. The monoisotopic (exact) mass is 228 g/mol. The van der Waals surface area contributed by atoms with Gasteiger partial charge in [0.05, 0.1) is 5.41 Å². The summed E-state index contributed by atoms with van der Waals surface area (Å²) in [7, 11) is 0. The van der Waals surface area contributed by atoms with Gasteiger partial charge in [0.25, 0.3) is 0 Å². The summed E-state index contributed by atoms with van der Waals surface area (Å²) in [6.07, 6.45) is 3.26. The molecule has 5 heteroatoms. The SMILES string of the molecule is CCC(N)CC(=O)NCC1(C(=O)O)CCC1. The summed E-state index contributed by atoms with van der Waals surface area (Å²) in [5.74, 6) is -0.958. The predicted octanol–water partition coefficient (Wildman–Crippen LogP) is 0.485. The fourth-order valence-electron chi connectivity index (χ4n) is 1.79. The molecule has 0 aromatic heterocycles. The molecule has 1 rings (SSSR count). The lowest BCUT2D eigenvalue weighted by molar-refractivity contribution is -0.154. The van der Waals surface area contributed by atoms with Gasteiger partial charge in [-0.3, -0.25) is 9.59 Å². The van der Waals surface area contributed by atoms with Crippen molar-refractivity contribution in [1.82, 2.24) is 5.32 Å². The topological polar surface area (TPSA) is 92.4 Å². The molecule has 1 atom stereocenters. The first-order valence-corrected chi connectivity index (χ1v) is 5.76. The summed E-state index contributed by atoms with van der Waals surface area (Å²) in [5, 5.41) is 11.7. The number of carboxylic acids is 1. The van der Waals surface area contributed by atoms with E-state index in [9.17, 15) is 9.59 Å². The zero-order valence-electron chi connectivity index (χ0n) is 9.66. The molecule has 0 saturated heterocycles. The molecule has 92 valence electrons. The molecule has 1 fully saturated rings. The van der Waals surface area contributed by atoms with Gasteiger partial charge in [0.1, 0.15) is 0 Å². The van der Waals surface area contributed by atoms with E-state index in [0.717, 1.165) is 12.8 Å². The smallest absolute Gasteiger partial charge is 0.311 e. The van der Waals surface area contributed by atoms with E-state index in [1.165, 1.54) is 0 Å². The second kappa shape index (κ2) is 5.30. The largest absolute Gasteiger partial charge is 0.481 e. The second-order valence-electron chi connectivity index (χ2n) is 4.59. The number of amides is 1. The van der Waals surface area contributed by atoms with Crippen molar-refractivity contribution < 1.29 is 14.7 Å². The molecule has 0 aromatic carbocycles. The minimum absolute atomic E-state index is 0.137. The van der Waals surface area contributed by atoms with Crippen molar-refractivity contribution in [2.24, 2.45) is 11.1 Å². The molecule has 1 amide bonds. The van der Waals surface area contributed by atoms with Gasteiger partial charge >= 0.3 is 5.97 Å². The van der Waals surface area contributed by atoms with Crippen LogP contribution in [0.25, 0.3) is 0 Å². The number of rotatable bonds is 6. The fourth-order valence-corrected chi connectivity index (χ4v) is 1.79. The highest BCUT2D eigenvalue weighted by atomic mass is 16.4. The molecule has 1 aliphatic rings. The summed E-state index contributed by atoms with van der Waals surface area (Å²) < 4.78 is 0. The first-order chi connectivity index (χ1) is 7.50. The zero-order chi connectivity index (χ0) is 12.2. The zero-order valence-corrected chi connectivity index (χ0v) is 9.66. The molecular weight excluding hydrogens is 208 g/mol. The average Bonchev–Trinajstić information content (AvgIpc) is 2.15. The molecule has 0 aliphatic heterocycles. The highest BCUT2D eigenvalue weighted by Gasteiger charge is 2.44. The Morgan fingerprint density at radius 3 is 2.50 bits per heavy atom. The maximum Gasteiger partial charge on any atom is 0.311 e. The first kappa shape index (κ1) is 13.0. The summed E-state index contributed by atoms with van der Waals surface area (Å²) in [6.45, 7) is 2.15. The van der Waals surface area contributed by atoms with Crippen molar-refractivity contribution in [1.29, 1.82) is 0 Å². The molecule has 5 nitrogen and oxygen atoms in total. The Hall–Kier alpha value is -1.10. The molecule has 1 saturated carbocycles. The summed E-state index contributed by atoms with van der Waals surface area (Å²) >= 11 is 0. The van der Waals surface area contributed by atoms with E-state index in [4.69, 9.17) is 10.8 Å². The summed E-state index contributed by atoms with van der Waals surface area (Å²) in [4.78, 5) is 22.5. The maximum atomic E-state index is 11.4. The summed E-state index contributed by atoms with van der Waals surface area (Å²) in [6, 6.07) is -0.137. The van der Waals surface area contributed by atoms with E-state index < -0.39 is 11.4 Å². The van der Waals surface area contributed by atoms with Crippen molar-refractivity contribution in [2.75, 3.05) is 6.54 Å². The van der Waals surface area contributed by atoms with E-state index in [1.807, 2.05) is 6.92 Å². The number of carbonyl (C=O) groups is 2. The number of nitrogens with one attached hydrogen (secondary N) is 1. The number of nitrogens with two attached hydrogens (primary N) is 1. The number of aliphatic carboxylic acids is 1. The minimum atomic E-state index is -0.807. The van der Waals surface area contributed by atoms with Crippen LogP contribution < -0.4 is 11.1 Å². The second-order valence-corrected chi connectivity index (χ2v) is 4.59. The van der Waals surface area contributed by atoms with E-state index in [2.05, 4.69) is 5.32 Å². The third-order valence-corrected chi connectivity index (χ3v) is 3.36. The van der Waals surface area contributed by atoms with Gasteiger partial charge in [0, 0.05) is 19.0 Å². The molecule has 1 aliphatic carbocycles. The van der Waals surface area contributed by atoms with Crippen LogP contribution in [-0.4, -0.2) is 29.6 Å². The van der Waals surface area contributed by atoms with Crippen LogP contribution in [0.15, 0.2) is 0 Å². The number of hydrogen-bond acceptors (Lipinski definition) is 3. The van der Waals surface area contributed by atoms with Gasteiger partial charge in [0.2, 0.25) is 5.91 Å². The van der Waals surface area contributed by atoms with Crippen LogP contribution in [0, 0.1) is 5.41 Å². The Bertz CT molecular complexity index is 274. The lowest BCUT2D eigenvalue weighted by Crippen LogP contribution is -2.48. The third-order valence-electron chi connectivity index (χ3n) is 3.36. The fraction of sp³-hybridized carbons (Fsp3) is 0.818. The number of carboxylic acid groups (broad SMARTS) is 1. The Kier molecular flexibility index (Phi) is 4.29. The van der Waals surface area contributed by atoms with E-state index in [0.29, 0.717) is 12.8 Å². The Labute approximate surface area is 95.4 Å². The average molecular weight is 228 g/mol. The molecule has 16 heavy (non-hydrogen) atoms. The number of carbonyl (C=O) groups excluding carboxylic acids is 1. The quantitative estimate of drug-likeness (QED) is 0.616. The standard InChI is InChI=1S/C11H20N2O3/c1-2-8(12)6-9(14)13-7-11(10(15)16)4-3-5-11/h8H,2-7,12H2,1H3,(H,13,14)(H,15,16). The lowest BCUT2D eigenvalue weighted by Gasteiger charge is -2.37. The Balaban J connectivity index is 2.33. The van der Waals surface area contributed by atoms with Gasteiger partial charge in [0.15, 0.2) is 0 Å². The maximum absolute atomic E-state index is 11.4. The van der Waals surface area contributed by atoms with E-state index in [1.54, 1.807) is 0 Å². The van der Waals surface area contributed by atoms with Crippen LogP contribution in [0.5, 0.6) is 0 Å². The van der Waals surface area contributed by atoms with Gasteiger partial charge in [-0.2, -0.15) is 0 Å². The Morgan fingerprint density at radius 1 is 1.50 bits per heavy atom. The van der Waals surface area contributed by atoms with Crippen LogP contribution in [-0.2, 0) is 9.59 Å². The molecular formula is C11H20N2O3. The molecule has 0 aromatic rings. The molecule has 0 radical (unpaired) electrons. The molecule has 0 heterocycles. The summed E-state index contributed by atoms with van der Waals surface area (Å²) in [5.41, 5.74) is 4.93. The molecule has 0 spiro atoms. The predicted molar refractivity (Wildman–Crippen MR) is 59.8 cm³/mol. The van der Waals surface area contributed by atoms with Crippen molar-refractivity contribution in [2.45, 2.75) is 45.1 Å². The minimum Gasteiger partial charge on any atom is -0.481 e. The molecule has 0 bridgehead atoms. The van der Waals surface area contributed by atoms with E-state index in [-0.39, 0.29) is 24.9 Å². The highest BCUT2D eigenvalue weighted by Crippen LogP contribution is 2.40. The van der Waals surface area contributed by atoms with Crippen LogP contribution in [0.3, 0.4) is 0 Å². The van der Waals surface area contributed by atoms with Crippen LogP contribution in [0.1, 0.15) is 39.0 Å². The van der Waals surface area contributed by atoms with Crippen LogP contribution >= 0.6 is 0 Å². The van der Waals surface area contributed by atoms with Gasteiger partial charge in [-0.05, 0) is 19.3 Å². The van der Waals surface area contributed by atoms with Crippen molar-refractivity contribution in [3.63, 3.8) is 0 Å². The highest BCUT2D eigenvalue weighted by molar-refractivity contribution is 5.79. The van der Waals surface area contributed by atoms with Gasteiger partial charge < -0.3 is 16.2 Å². The van der Waals surface area contributed by atoms with Crippen LogP contribution in [0.2, 0.25) is 0 Å². The van der Waals surface area contributed by atoms with Crippen LogP contribution in [0.4, 0.5) is 0 Å². The first-order valence-electron chi connectivity index (χ1n) is 5.76. The van der Waals surface area contributed by atoms with Gasteiger partial charge in [-0.15, -0.1) is 0 Å². The van der Waals surface area contributed by atoms with Crippen molar-refractivity contribution >= 4 is 11.9 Å². The molecule has 4 N–H and O–H groups in total. The number of hydrogen-bond donors (Lipinski definition) is 3. The Morgan fingerprint density at radius 2 is 2.12 bits per heavy atom. The third kappa shape index (κ3) is 2.95. The van der Waals surface area contributed by atoms with Crippen molar-refractivity contribution in [3.05, 3.63) is 0 Å². The van der Waals surface area contributed by atoms with E-state index >= 15 is 0 Å². The van der Waals surface area contributed by atoms with Crippen molar-refractivity contribution in [3.8, 4) is 0 Å².